The molecule has 0 aromatic heterocycles. The first-order valence-electron chi connectivity index (χ1n) is 7.23. The molecular formula is C17H22O2. The van der Waals surface area contributed by atoms with E-state index >= 15 is 0 Å². The van der Waals surface area contributed by atoms with Crippen LogP contribution in [-0.4, -0.2) is 12.6 Å². The van der Waals surface area contributed by atoms with Gasteiger partial charge in [0.2, 0.25) is 0 Å². The standard InChI is InChI=1S/C17H22O2/c1-2-19-17(18)16-12-8-4-7-11-15(16)13-14-9-5-3-6-10-14/h3,5-6,9-10,13,16H,2,4,7-8,11-12H2,1H3/t16-/m0/s1. The van der Waals surface area contributed by atoms with Gasteiger partial charge in [-0.3, -0.25) is 4.79 Å². The third kappa shape index (κ3) is 3.95. The van der Waals surface area contributed by atoms with Crippen molar-refractivity contribution in [1.82, 2.24) is 0 Å². The summed E-state index contributed by atoms with van der Waals surface area (Å²) >= 11 is 0. The zero-order valence-corrected chi connectivity index (χ0v) is 11.6. The van der Waals surface area contributed by atoms with Gasteiger partial charge < -0.3 is 4.74 Å². The van der Waals surface area contributed by atoms with Crippen LogP contribution in [0.1, 0.15) is 44.6 Å². The van der Waals surface area contributed by atoms with E-state index in [1.165, 1.54) is 24.0 Å². The number of ether oxygens (including phenoxy) is 1. The second-order valence-electron chi connectivity index (χ2n) is 5.03. The topological polar surface area (TPSA) is 26.3 Å². The predicted molar refractivity (Wildman–Crippen MR) is 77.6 cm³/mol. The monoisotopic (exact) mass is 258 g/mol. The number of carbonyl (C=O) groups is 1. The molecule has 0 unspecified atom stereocenters. The van der Waals surface area contributed by atoms with Crippen molar-refractivity contribution in [2.24, 2.45) is 5.92 Å². The number of benzene rings is 1. The van der Waals surface area contributed by atoms with Gasteiger partial charge in [0.1, 0.15) is 0 Å². The summed E-state index contributed by atoms with van der Waals surface area (Å²) in [5.41, 5.74) is 2.41. The molecule has 0 heterocycles. The minimum absolute atomic E-state index is 0.0392. The summed E-state index contributed by atoms with van der Waals surface area (Å²) in [6, 6.07) is 10.2. The maximum atomic E-state index is 12.1. The van der Waals surface area contributed by atoms with Crippen LogP contribution < -0.4 is 0 Å². The molecular weight excluding hydrogens is 236 g/mol. The van der Waals surface area contributed by atoms with Crippen LogP contribution in [0.15, 0.2) is 35.9 Å². The normalized spacial score (nSPS) is 21.9. The van der Waals surface area contributed by atoms with Crippen molar-refractivity contribution in [1.29, 1.82) is 0 Å². The minimum Gasteiger partial charge on any atom is -0.466 e. The molecule has 0 bridgehead atoms. The largest absolute Gasteiger partial charge is 0.466 e. The van der Waals surface area contributed by atoms with Gasteiger partial charge in [-0.25, -0.2) is 0 Å². The lowest BCUT2D eigenvalue weighted by atomic mass is 9.92. The first kappa shape index (κ1) is 13.9. The van der Waals surface area contributed by atoms with Crippen molar-refractivity contribution in [3.8, 4) is 0 Å². The Morgan fingerprint density at radius 3 is 2.79 bits per heavy atom. The number of rotatable bonds is 3. The molecule has 0 amide bonds. The summed E-state index contributed by atoms with van der Waals surface area (Å²) in [7, 11) is 0. The Balaban J connectivity index is 2.22. The van der Waals surface area contributed by atoms with Gasteiger partial charge in [0, 0.05) is 0 Å². The van der Waals surface area contributed by atoms with Gasteiger partial charge in [0.05, 0.1) is 12.5 Å². The lowest BCUT2D eigenvalue weighted by Gasteiger charge is -2.16. The van der Waals surface area contributed by atoms with Crippen molar-refractivity contribution in [3.63, 3.8) is 0 Å². The second-order valence-corrected chi connectivity index (χ2v) is 5.03. The van der Waals surface area contributed by atoms with Crippen LogP contribution in [0.2, 0.25) is 0 Å². The molecule has 0 radical (unpaired) electrons. The highest BCUT2D eigenvalue weighted by Gasteiger charge is 2.25. The van der Waals surface area contributed by atoms with Crippen molar-refractivity contribution in [3.05, 3.63) is 41.5 Å². The Labute approximate surface area is 115 Å². The van der Waals surface area contributed by atoms with E-state index in [9.17, 15) is 4.79 Å². The van der Waals surface area contributed by atoms with Crippen molar-refractivity contribution >= 4 is 12.0 Å². The number of carbonyl (C=O) groups excluding carboxylic acids is 1. The quantitative estimate of drug-likeness (QED) is 0.599. The van der Waals surface area contributed by atoms with E-state index < -0.39 is 0 Å². The summed E-state index contributed by atoms with van der Waals surface area (Å²) in [6.45, 7) is 2.34. The fourth-order valence-corrected chi connectivity index (χ4v) is 2.66. The molecule has 2 heteroatoms. The third-order valence-corrected chi connectivity index (χ3v) is 3.63. The third-order valence-electron chi connectivity index (χ3n) is 3.63. The molecule has 0 N–H and O–H groups in total. The molecule has 2 nitrogen and oxygen atoms in total. The van der Waals surface area contributed by atoms with Gasteiger partial charge in [-0.2, -0.15) is 0 Å². The molecule has 1 aliphatic carbocycles. The molecule has 1 aromatic rings. The van der Waals surface area contributed by atoms with Crippen LogP contribution in [0.3, 0.4) is 0 Å². The molecule has 1 aromatic carbocycles. The lowest BCUT2D eigenvalue weighted by molar-refractivity contribution is -0.146. The first-order chi connectivity index (χ1) is 9.31. The van der Waals surface area contributed by atoms with Crippen LogP contribution in [-0.2, 0) is 9.53 Å². The number of hydrogen-bond donors (Lipinski definition) is 0. The lowest BCUT2D eigenvalue weighted by Crippen LogP contribution is -2.19. The van der Waals surface area contributed by atoms with E-state index in [1.807, 2.05) is 25.1 Å². The fourth-order valence-electron chi connectivity index (χ4n) is 2.66. The zero-order chi connectivity index (χ0) is 13.5. The minimum atomic E-state index is -0.0495. The highest BCUT2D eigenvalue weighted by molar-refractivity contribution is 5.78. The van der Waals surface area contributed by atoms with Gasteiger partial charge in [-0.05, 0) is 31.7 Å². The highest BCUT2D eigenvalue weighted by Crippen LogP contribution is 2.30. The average molecular weight is 258 g/mol. The summed E-state index contributed by atoms with van der Waals surface area (Å²) < 4.78 is 5.23. The maximum Gasteiger partial charge on any atom is 0.313 e. The molecule has 0 aliphatic heterocycles. The predicted octanol–water partition coefficient (Wildman–Crippen LogP) is 4.21. The summed E-state index contributed by atoms with van der Waals surface area (Å²) in [6.07, 6.45) is 7.62. The van der Waals surface area contributed by atoms with Crippen molar-refractivity contribution in [2.75, 3.05) is 6.61 Å². The van der Waals surface area contributed by atoms with Crippen LogP contribution in [0.5, 0.6) is 0 Å². The highest BCUT2D eigenvalue weighted by atomic mass is 16.5. The molecule has 1 atom stereocenters. The number of hydrogen-bond acceptors (Lipinski definition) is 2. The van der Waals surface area contributed by atoms with E-state index in [2.05, 4.69) is 18.2 Å². The van der Waals surface area contributed by atoms with E-state index in [4.69, 9.17) is 4.74 Å². The van der Waals surface area contributed by atoms with E-state index in [-0.39, 0.29) is 11.9 Å². The first-order valence-corrected chi connectivity index (χ1v) is 7.23. The van der Waals surface area contributed by atoms with Crippen LogP contribution in [0.4, 0.5) is 0 Å². The molecule has 102 valence electrons. The van der Waals surface area contributed by atoms with Gasteiger partial charge in [0.15, 0.2) is 0 Å². The van der Waals surface area contributed by atoms with Gasteiger partial charge >= 0.3 is 5.97 Å². The Hall–Kier alpha value is -1.57. The van der Waals surface area contributed by atoms with Crippen LogP contribution >= 0.6 is 0 Å². The molecule has 1 fully saturated rings. The summed E-state index contributed by atoms with van der Waals surface area (Å²) in [4.78, 5) is 12.1. The second kappa shape index (κ2) is 7.13. The molecule has 0 saturated heterocycles. The fraction of sp³-hybridized carbons (Fsp3) is 0.471. The maximum absolute atomic E-state index is 12.1. The van der Waals surface area contributed by atoms with Crippen molar-refractivity contribution < 1.29 is 9.53 Å². The molecule has 1 aliphatic rings. The Morgan fingerprint density at radius 2 is 2.05 bits per heavy atom. The summed E-state index contributed by atoms with van der Waals surface area (Å²) in [5.74, 6) is -0.0887. The SMILES string of the molecule is CCOC(=O)[C@H]1CCCCCC1=Cc1ccccc1. The van der Waals surface area contributed by atoms with Crippen LogP contribution in [0, 0.1) is 5.92 Å². The van der Waals surface area contributed by atoms with Crippen molar-refractivity contribution in [2.45, 2.75) is 39.0 Å². The molecule has 0 spiro atoms. The number of esters is 1. The zero-order valence-electron chi connectivity index (χ0n) is 11.6. The smallest absolute Gasteiger partial charge is 0.313 e. The van der Waals surface area contributed by atoms with E-state index in [0.29, 0.717) is 6.61 Å². The van der Waals surface area contributed by atoms with Gasteiger partial charge in [-0.1, -0.05) is 54.8 Å². The Morgan fingerprint density at radius 1 is 1.26 bits per heavy atom. The van der Waals surface area contributed by atoms with E-state index in [0.717, 1.165) is 19.3 Å². The van der Waals surface area contributed by atoms with E-state index in [1.54, 1.807) is 0 Å². The van der Waals surface area contributed by atoms with Crippen LogP contribution in [0.25, 0.3) is 6.08 Å². The summed E-state index contributed by atoms with van der Waals surface area (Å²) in [5, 5.41) is 0. The average Bonchev–Trinajstić information content (AvgIpc) is 2.66. The Bertz CT molecular complexity index is 434. The molecule has 19 heavy (non-hydrogen) atoms. The molecule has 2 rings (SSSR count). The van der Waals surface area contributed by atoms with Gasteiger partial charge in [0.25, 0.3) is 0 Å². The molecule has 1 saturated carbocycles. The van der Waals surface area contributed by atoms with Gasteiger partial charge in [-0.15, -0.1) is 0 Å². The Kier molecular flexibility index (Phi) is 5.20.